The summed E-state index contributed by atoms with van der Waals surface area (Å²) in [6.07, 6.45) is 18.8. The van der Waals surface area contributed by atoms with Gasteiger partial charge in [0.1, 0.15) is 0 Å². The number of hydrogen-bond donors (Lipinski definition) is 3. The molecule has 2 unspecified atom stereocenters. The van der Waals surface area contributed by atoms with Gasteiger partial charge in [-0.15, -0.1) is 0 Å². The predicted octanol–water partition coefficient (Wildman–Crippen LogP) is 5.54. The molecule has 0 rings (SSSR count). The summed E-state index contributed by atoms with van der Waals surface area (Å²) in [5, 5.41) is 20.5. The summed E-state index contributed by atoms with van der Waals surface area (Å²) in [4.78, 5) is 32.5. The Morgan fingerprint density at radius 2 is 0.967 bits per heavy atom. The van der Waals surface area contributed by atoms with Crippen molar-refractivity contribution in [3.8, 4) is 0 Å². The molecule has 3 N–H and O–H groups in total. The second-order valence-electron chi connectivity index (χ2n) is 8.29. The van der Waals surface area contributed by atoms with Crippen LogP contribution in [0.5, 0.6) is 0 Å². The van der Waals surface area contributed by atoms with E-state index < -0.39 is 11.9 Å². The van der Waals surface area contributed by atoms with Crippen molar-refractivity contribution >= 4 is 26.7 Å². The highest BCUT2D eigenvalue weighted by Gasteiger charge is 2.14. The van der Waals surface area contributed by atoms with Gasteiger partial charge in [-0.05, 0) is 25.8 Å². The van der Waals surface area contributed by atoms with Gasteiger partial charge in [0.2, 0.25) is 0 Å². The van der Waals surface area contributed by atoms with Crippen molar-refractivity contribution in [1.82, 2.24) is 5.32 Å². The molecule has 6 nitrogen and oxygen atoms in total. The lowest BCUT2D eigenvalue weighted by Gasteiger charge is -2.14. The Balaban J connectivity index is 3.28. The van der Waals surface area contributed by atoms with Crippen molar-refractivity contribution < 1.29 is 24.6 Å². The van der Waals surface area contributed by atoms with Crippen LogP contribution in [0.15, 0.2) is 0 Å². The van der Waals surface area contributed by atoms with Gasteiger partial charge in [0.25, 0.3) is 0 Å². The summed E-state index contributed by atoms with van der Waals surface area (Å²) >= 11 is 0. The van der Waals surface area contributed by atoms with Gasteiger partial charge in [0, 0.05) is 12.8 Å². The number of carboxylic acid groups (broad SMARTS) is 2. The fourth-order valence-corrected chi connectivity index (χ4v) is 3.87. The van der Waals surface area contributed by atoms with Crippen LogP contribution in [0, 0.1) is 0 Å². The van der Waals surface area contributed by atoms with Crippen LogP contribution in [-0.4, -0.2) is 40.3 Å². The van der Waals surface area contributed by atoms with Crippen molar-refractivity contribution in [1.29, 1.82) is 0 Å². The molecule has 0 heterocycles. The molecule has 0 amide bonds. The van der Waals surface area contributed by atoms with Gasteiger partial charge in [-0.1, -0.05) is 92.7 Å². The predicted molar refractivity (Wildman–Crippen MR) is 125 cm³/mol. The smallest absolute Gasteiger partial charge is 0.303 e. The molecule has 0 spiro atoms. The highest BCUT2D eigenvalue weighted by Crippen LogP contribution is 2.14. The molecule has 0 saturated heterocycles. The molecule has 30 heavy (non-hydrogen) atoms. The Morgan fingerprint density at radius 3 is 1.33 bits per heavy atom. The molecule has 0 bridgehead atoms. The minimum atomic E-state index is -0.863. The van der Waals surface area contributed by atoms with E-state index in [2.05, 4.69) is 14.6 Å². The summed E-state index contributed by atoms with van der Waals surface area (Å²) in [5.41, 5.74) is -0.0630. The van der Waals surface area contributed by atoms with Crippen LogP contribution in [0.1, 0.15) is 116 Å². The summed E-state index contributed by atoms with van der Waals surface area (Å²) < 4.78 is 0. The molecule has 0 aromatic carbocycles. The lowest BCUT2D eigenvalue weighted by molar-refractivity contribution is -0.138. The molecule has 0 fully saturated rings. The lowest BCUT2D eigenvalue weighted by atomic mass is 10.0. The van der Waals surface area contributed by atoms with E-state index in [9.17, 15) is 14.4 Å². The van der Waals surface area contributed by atoms with Gasteiger partial charge in [0.05, 0.1) is 6.04 Å². The largest absolute Gasteiger partial charge is 0.481 e. The van der Waals surface area contributed by atoms with Crippen LogP contribution in [0.3, 0.4) is 0 Å². The third-order valence-electron chi connectivity index (χ3n) is 5.45. The minimum absolute atomic E-state index is 0.0202. The number of rotatable bonds is 23. The average Bonchev–Trinajstić information content (AvgIpc) is 2.68. The monoisotopic (exact) mass is 445 g/mol. The van der Waals surface area contributed by atoms with E-state index in [1.165, 1.54) is 70.6 Å². The van der Waals surface area contributed by atoms with Crippen LogP contribution in [-0.2, 0) is 14.4 Å². The number of carbonyl (C=O) groups excluding carboxylic acids is 1. The molecule has 0 aliphatic rings. The van der Waals surface area contributed by atoms with Gasteiger partial charge < -0.3 is 15.5 Å². The van der Waals surface area contributed by atoms with E-state index in [1.807, 2.05) is 0 Å². The molecular formula is C23H44NO5P. The molecule has 0 saturated carbocycles. The van der Waals surface area contributed by atoms with Crippen molar-refractivity contribution in [3.05, 3.63) is 0 Å². The number of carboxylic acids is 2. The van der Waals surface area contributed by atoms with Gasteiger partial charge in [-0.25, -0.2) is 0 Å². The first-order valence-electron chi connectivity index (χ1n) is 11.9. The molecule has 0 radical (unpaired) electrons. The van der Waals surface area contributed by atoms with Gasteiger partial charge in [-0.2, -0.15) is 0 Å². The van der Waals surface area contributed by atoms with E-state index in [1.54, 1.807) is 0 Å². The standard InChI is InChI=1S/C23H44NO5P/c25-21(26)16-14-12-10-8-6-4-2-1-3-5-7-9-11-13-15-19-24-20(23(29)30)17-18-22(27)28/h20,24H,1-19,30H2,(H,25,26)(H,27,28). The molecule has 2 atom stereocenters. The van der Waals surface area contributed by atoms with Crippen molar-refractivity contribution in [2.45, 2.75) is 122 Å². The minimum Gasteiger partial charge on any atom is -0.481 e. The van der Waals surface area contributed by atoms with E-state index in [4.69, 9.17) is 10.2 Å². The summed E-state index contributed by atoms with van der Waals surface area (Å²) in [7, 11) is 2.15. The maximum Gasteiger partial charge on any atom is 0.303 e. The Bertz CT molecular complexity index is 459. The van der Waals surface area contributed by atoms with Crippen LogP contribution in [0.4, 0.5) is 0 Å². The topological polar surface area (TPSA) is 104 Å². The molecule has 0 aliphatic carbocycles. The van der Waals surface area contributed by atoms with Crippen LogP contribution in [0.2, 0.25) is 0 Å². The Kier molecular flexibility index (Phi) is 20.5. The highest BCUT2D eigenvalue weighted by molar-refractivity contribution is 7.40. The summed E-state index contributed by atoms with van der Waals surface area (Å²) in [6.45, 7) is 0.768. The van der Waals surface area contributed by atoms with E-state index >= 15 is 0 Å². The molecule has 7 heteroatoms. The average molecular weight is 446 g/mol. The van der Waals surface area contributed by atoms with Gasteiger partial charge in [0.15, 0.2) is 5.52 Å². The van der Waals surface area contributed by atoms with E-state index in [0.29, 0.717) is 12.8 Å². The second-order valence-corrected chi connectivity index (χ2v) is 8.86. The first-order chi connectivity index (χ1) is 14.4. The third-order valence-corrected chi connectivity index (χ3v) is 5.85. The van der Waals surface area contributed by atoms with E-state index in [0.717, 1.165) is 32.2 Å². The molecule has 0 aromatic rings. The fraction of sp³-hybridized carbons (Fsp3) is 0.870. The molecule has 0 aromatic heterocycles. The number of aliphatic carboxylic acids is 2. The fourth-order valence-electron chi connectivity index (χ4n) is 3.59. The summed E-state index contributed by atoms with van der Waals surface area (Å²) in [6, 6.07) is -0.358. The van der Waals surface area contributed by atoms with Crippen LogP contribution in [0.25, 0.3) is 0 Å². The van der Waals surface area contributed by atoms with Crippen LogP contribution >= 0.6 is 9.24 Å². The molecule has 176 valence electrons. The summed E-state index contributed by atoms with van der Waals surface area (Å²) in [5.74, 6) is -1.54. The van der Waals surface area contributed by atoms with Crippen LogP contribution < -0.4 is 5.32 Å². The molecule has 0 aliphatic heterocycles. The maximum absolute atomic E-state index is 11.5. The second kappa shape index (κ2) is 21.2. The zero-order valence-electron chi connectivity index (χ0n) is 18.7. The number of nitrogens with one attached hydrogen (secondary N) is 1. The van der Waals surface area contributed by atoms with Crippen molar-refractivity contribution in [2.24, 2.45) is 0 Å². The quantitative estimate of drug-likeness (QED) is 0.141. The Labute approximate surface area is 185 Å². The van der Waals surface area contributed by atoms with Crippen molar-refractivity contribution in [2.75, 3.05) is 6.54 Å². The normalized spacial score (nSPS) is 12.0. The number of unbranched alkanes of at least 4 members (excludes halogenated alkanes) is 14. The molecular weight excluding hydrogens is 401 g/mol. The number of carbonyl (C=O) groups is 3. The Hall–Kier alpha value is -1.00. The SMILES string of the molecule is O=C(O)CCCCCCCCCCCCCCCCCNC(CCC(=O)O)C(=O)P. The lowest BCUT2D eigenvalue weighted by Crippen LogP contribution is -2.35. The van der Waals surface area contributed by atoms with Gasteiger partial charge >= 0.3 is 11.9 Å². The zero-order chi connectivity index (χ0) is 22.5. The maximum atomic E-state index is 11.5. The first-order valence-corrected chi connectivity index (χ1v) is 12.5. The van der Waals surface area contributed by atoms with E-state index in [-0.39, 0.29) is 18.0 Å². The van der Waals surface area contributed by atoms with Gasteiger partial charge in [-0.3, -0.25) is 14.4 Å². The first kappa shape index (κ1) is 29.0. The zero-order valence-corrected chi connectivity index (χ0v) is 19.9. The number of hydrogen-bond acceptors (Lipinski definition) is 4. The Morgan fingerprint density at radius 1 is 0.600 bits per heavy atom. The third kappa shape index (κ3) is 21.7. The van der Waals surface area contributed by atoms with Crippen molar-refractivity contribution in [3.63, 3.8) is 0 Å². The highest BCUT2D eigenvalue weighted by atomic mass is 31.0.